The minimum absolute atomic E-state index is 0.378. The summed E-state index contributed by atoms with van der Waals surface area (Å²) in [5, 5.41) is 33.0. The predicted octanol–water partition coefficient (Wildman–Crippen LogP) is 10.8. The van der Waals surface area contributed by atoms with Crippen molar-refractivity contribution in [3.63, 3.8) is 0 Å². The number of amides is 1. The summed E-state index contributed by atoms with van der Waals surface area (Å²) >= 11 is 0. The fourth-order valence-corrected chi connectivity index (χ4v) is 5.78. The Morgan fingerprint density at radius 2 is 0.891 bits per heavy atom. The van der Waals surface area contributed by atoms with E-state index in [0.717, 1.165) is 44.9 Å². The third-order valence-corrected chi connectivity index (χ3v) is 8.95. The van der Waals surface area contributed by atoms with Crippen LogP contribution in [0.25, 0.3) is 0 Å². The van der Waals surface area contributed by atoms with E-state index in [4.69, 9.17) is 0 Å². The molecule has 270 valence electrons. The van der Waals surface area contributed by atoms with Crippen molar-refractivity contribution in [1.29, 1.82) is 0 Å². The molecule has 0 aliphatic heterocycles. The quantitative estimate of drug-likeness (QED) is 0.0407. The SMILES string of the molecule is CCCCCCCC/C=C\CCCCCCCCC(O)C(=O)NC(CO)C(O)/C=C/CC/C=C/CCCCCCCCCCCC. The first kappa shape index (κ1) is 44.6. The zero-order valence-electron chi connectivity index (χ0n) is 30.5. The van der Waals surface area contributed by atoms with Crippen molar-refractivity contribution in [2.45, 2.75) is 212 Å². The molecular weight excluding hydrogens is 570 g/mol. The summed E-state index contributed by atoms with van der Waals surface area (Å²) < 4.78 is 0. The summed E-state index contributed by atoms with van der Waals surface area (Å²) in [7, 11) is 0. The second-order valence-corrected chi connectivity index (χ2v) is 13.5. The predicted molar refractivity (Wildman–Crippen MR) is 199 cm³/mol. The summed E-state index contributed by atoms with van der Waals surface area (Å²) in [6.45, 7) is 4.15. The van der Waals surface area contributed by atoms with Crippen LogP contribution < -0.4 is 5.32 Å². The fourth-order valence-electron chi connectivity index (χ4n) is 5.78. The number of unbranched alkanes of at least 4 members (excludes halogenated alkanes) is 23. The molecule has 0 aromatic carbocycles. The third kappa shape index (κ3) is 31.2. The van der Waals surface area contributed by atoms with Crippen LogP contribution in [0.1, 0.15) is 194 Å². The lowest BCUT2D eigenvalue weighted by Crippen LogP contribution is -2.48. The number of rotatable bonds is 35. The van der Waals surface area contributed by atoms with E-state index in [1.54, 1.807) is 6.08 Å². The number of aliphatic hydroxyl groups excluding tert-OH is 3. The van der Waals surface area contributed by atoms with Gasteiger partial charge in [-0.3, -0.25) is 4.79 Å². The van der Waals surface area contributed by atoms with Crippen molar-refractivity contribution < 1.29 is 20.1 Å². The van der Waals surface area contributed by atoms with Crippen LogP contribution in [0.2, 0.25) is 0 Å². The molecule has 3 atom stereocenters. The Morgan fingerprint density at radius 1 is 0.522 bits per heavy atom. The zero-order chi connectivity index (χ0) is 33.8. The second kappa shape index (κ2) is 36.4. The number of hydrogen-bond donors (Lipinski definition) is 4. The monoisotopic (exact) mass is 648 g/mol. The maximum atomic E-state index is 12.4. The number of nitrogens with one attached hydrogen (secondary N) is 1. The highest BCUT2D eigenvalue weighted by atomic mass is 16.3. The summed E-state index contributed by atoms with van der Waals surface area (Å²) in [5.41, 5.74) is 0. The highest BCUT2D eigenvalue weighted by Crippen LogP contribution is 2.13. The molecule has 46 heavy (non-hydrogen) atoms. The van der Waals surface area contributed by atoms with Gasteiger partial charge in [-0.15, -0.1) is 0 Å². The molecule has 0 aliphatic carbocycles. The Bertz CT molecular complexity index is 719. The number of aliphatic hydroxyl groups is 3. The van der Waals surface area contributed by atoms with Crippen LogP contribution in [-0.2, 0) is 4.79 Å². The van der Waals surface area contributed by atoms with Crippen molar-refractivity contribution in [3.8, 4) is 0 Å². The van der Waals surface area contributed by atoms with Crippen LogP contribution in [0, 0.1) is 0 Å². The minimum Gasteiger partial charge on any atom is -0.394 e. The summed E-state index contributed by atoms with van der Waals surface area (Å²) in [4.78, 5) is 12.4. The van der Waals surface area contributed by atoms with E-state index in [9.17, 15) is 20.1 Å². The number of allylic oxidation sites excluding steroid dienone is 5. The molecule has 0 rings (SSSR count). The molecule has 0 aromatic heterocycles. The van der Waals surface area contributed by atoms with Crippen molar-refractivity contribution in [2.24, 2.45) is 0 Å². The average Bonchev–Trinajstić information content (AvgIpc) is 3.06. The number of carbonyl (C=O) groups is 1. The molecule has 3 unspecified atom stereocenters. The Kier molecular flexibility index (Phi) is 35.3. The summed E-state index contributed by atoms with van der Waals surface area (Å²) in [5.74, 6) is -0.519. The van der Waals surface area contributed by atoms with Gasteiger partial charge in [-0.2, -0.15) is 0 Å². The van der Waals surface area contributed by atoms with Gasteiger partial charge < -0.3 is 20.6 Å². The van der Waals surface area contributed by atoms with Crippen molar-refractivity contribution >= 4 is 5.91 Å². The maximum absolute atomic E-state index is 12.4. The van der Waals surface area contributed by atoms with Crippen molar-refractivity contribution in [1.82, 2.24) is 5.32 Å². The molecule has 0 radical (unpaired) electrons. The zero-order valence-corrected chi connectivity index (χ0v) is 30.5. The molecule has 0 saturated heterocycles. The molecule has 0 saturated carbocycles. The molecule has 0 aromatic rings. The van der Waals surface area contributed by atoms with E-state index in [2.05, 4.69) is 43.5 Å². The van der Waals surface area contributed by atoms with Crippen LogP contribution in [0.4, 0.5) is 0 Å². The molecule has 1 amide bonds. The Labute approximate surface area is 285 Å². The van der Waals surface area contributed by atoms with E-state index in [0.29, 0.717) is 6.42 Å². The molecule has 0 aliphatic rings. The topological polar surface area (TPSA) is 89.8 Å². The van der Waals surface area contributed by atoms with Gasteiger partial charge >= 0.3 is 0 Å². The lowest BCUT2D eigenvalue weighted by atomic mass is 10.0. The van der Waals surface area contributed by atoms with E-state index in [-0.39, 0.29) is 6.61 Å². The molecule has 0 heterocycles. The maximum Gasteiger partial charge on any atom is 0.249 e. The molecule has 0 fully saturated rings. The van der Waals surface area contributed by atoms with Gasteiger partial charge in [-0.25, -0.2) is 0 Å². The van der Waals surface area contributed by atoms with Gasteiger partial charge in [-0.05, 0) is 57.8 Å². The first-order valence-corrected chi connectivity index (χ1v) is 19.8. The van der Waals surface area contributed by atoms with Crippen LogP contribution >= 0.6 is 0 Å². The molecule has 0 bridgehead atoms. The number of hydrogen-bond acceptors (Lipinski definition) is 4. The Morgan fingerprint density at radius 3 is 1.33 bits per heavy atom. The van der Waals surface area contributed by atoms with Gasteiger partial charge in [0.15, 0.2) is 0 Å². The van der Waals surface area contributed by atoms with E-state index in [1.165, 1.54) is 128 Å². The first-order valence-electron chi connectivity index (χ1n) is 19.8. The van der Waals surface area contributed by atoms with Gasteiger partial charge in [0.25, 0.3) is 0 Å². The van der Waals surface area contributed by atoms with Crippen LogP contribution in [-0.4, -0.2) is 46.1 Å². The number of carbonyl (C=O) groups excluding carboxylic acids is 1. The molecule has 0 spiro atoms. The van der Waals surface area contributed by atoms with Crippen molar-refractivity contribution in [2.75, 3.05) is 6.61 Å². The van der Waals surface area contributed by atoms with Crippen molar-refractivity contribution in [3.05, 3.63) is 36.5 Å². The van der Waals surface area contributed by atoms with Gasteiger partial charge in [0.05, 0.1) is 18.8 Å². The largest absolute Gasteiger partial charge is 0.394 e. The molecule has 5 heteroatoms. The smallest absolute Gasteiger partial charge is 0.249 e. The lowest BCUT2D eigenvalue weighted by molar-refractivity contribution is -0.131. The van der Waals surface area contributed by atoms with E-state index in [1.807, 2.05) is 6.08 Å². The normalized spacial score (nSPS) is 14.1. The standard InChI is InChI=1S/C41H77NO4/c1-3-5-7-9-11-13-15-17-19-21-23-25-27-29-31-33-35-39(44)38(37-43)42-41(46)40(45)36-34-32-30-28-26-24-22-20-18-16-14-12-10-8-6-4-2/h18,20,25,27,33,35,38-40,43-45H,3-17,19,21-24,26,28-32,34,36-37H2,1-2H3,(H,42,46)/b20-18-,27-25+,35-33+. The van der Waals surface area contributed by atoms with Gasteiger partial charge in [-0.1, -0.05) is 172 Å². The summed E-state index contributed by atoms with van der Waals surface area (Å²) in [6, 6.07) is -0.815. The highest BCUT2D eigenvalue weighted by molar-refractivity contribution is 5.80. The van der Waals surface area contributed by atoms with Crippen LogP contribution in [0.15, 0.2) is 36.5 Å². The summed E-state index contributed by atoms with van der Waals surface area (Å²) in [6.07, 6.45) is 44.5. The molecular formula is C41H77NO4. The molecule has 5 nitrogen and oxygen atoms in total. The van der Waals surface area contributed by atoms with E-state index >= 15 is 0 Å². The van der Waals surface area contributed by atoms with Gasteiger partial charge in [0.1, 0.15) is 6.10 Å². The lowest BCUT2D eigenvalue weighted by Gasteiger charge is -2.21. The van der Waals surface area contributed by atoms with E-state index < -0.39 is 24.2 Å². The average molecular weight is 648 g/mol. The fraction of sp³-hybridized carbons (Fsp3) is 0.829. The Hall–Kier alpha value is -1.43. The van der Waals surface area contributed by atoms with Gasteiger partial charge in [0.2, 0.25) is 5.91 Å². The minimum atomic E-state index is -1.11. The van der Waals surface area contributed by atoms with Gasteiger partial charge in [0, 0.05) is 0 Å². The van der Waals surface area contributed by atoms with Crippen LogP contribution in [0.5, 0.6) is 0 Å². The first-order chi connectivity index (χ1) is 22.6. The second-order valence-electron chi connectivity index (χ2n) is 13.5. The third-order valence-electron chi connectivity index (χ3n) is 8.95. The van der Waals surface area contributed by atoms with Crippen LogP contribution in [0.3, 0.4) is 0 Å². The highest BCUT2D eigenvalue weighted by Gasteiger charge is 2.22. The molecule has 4 N–H and O–H groups in total. The Balaban J connectivity index is 3.78.